The van der Waals surface area contributed by atoms with E-state index in [9.17, 15) is 9.59 Å². The quantitative estimate of drug-likeness (QED) is 0.714. The number of hydrogen-bond acceptors (Lipinski definition) is 5. The zero-order chi connectivity index (χ0) is 23.5. The lowest BCUT2D eigenvalue weighted by atomic mass is 9.80. The average molecular weight is 442 g/mol. The highest BCUT2D eigenvalue weighted by Gasteiger charge is 2.35. The fourth-order valence-corrected chi connectivity index (χ4v) is 4.13. The molecule has 0 bridgehead atoms. The first-order valence-corrected chi connectivity index (χ1v) is 11.3. The Labute approximate surface area is 190 Å². The summed E-state index contributed by atoms with van der Waals surface area (Å²) in [5.41, 5.74) is 2.42. The summed E-state index contributed by atoms with van der Waals surface area (Å²) < 4.78 is 7.44. The molecular weight excluding hydrogens is 406 g/mol. The molecule has 1 fully saturated rings. The van der Waals surface area contributed by atoms with Crippen molar-refractivity contribution in [2.45, 2.75) is 71.9 Å². The standard InChI is InChI=1S/C24H35N5O3/c1-15-7-9-17(10-8-15)21(32-23(31)28-24(3,4)5)22(30)27-20-13-16(2)18(14-25-20)19-11-12-26-29(19)6/h11-15,17,21H,7-10H2,1-6H3,(H,28,31)(H,25,27,30). The number of anilines is 1. The first-order chi connectivity index (χ1) is 15.0. The number of aryl methyl sites for hydroxylation is 2. The zero-order valence-corrected chi connectivity index (χ0v) is 19.9. The molecule has 3 rings (SSSR count). The number of nitrogens with zero attached hydrogens (tertiary/aromatic N) is 3. The first kappa shape index (κ1) is 23.8. The van der Waals surface area contributed by atoms with Crippen LogP contribution in [0.1, 0.15) is 58.9 Å². The summed E-state index contributed by atoms with van der Waals surface area (Å²) in [7, 11) is 1.88. The summed E-state index contributed by atoms with van der Waals surface area (Å²) >= 11 is 0. The molecule has 174 valence electrons. The van der Waals surface area contributed by atoms with Crippen LogP contribution in [0.3, 0.4) is 0 Å². The van der Waals surface area contributed by atoms with E-state index in [2.05, 4.69) is 27.6 Å². The minimum absolute atomic E-state index is 0.00766. The molecule has 2 aromatic heterocycles. The molecule has 1 aliphatic carbocycles. The molecule has 8 heteroatoms. The maximum absolute atomic E-state index is 13.2. The van der Waals surface area contributed by atoms with E-state index in [0.29, 0.717) is 11.7 Å². The third-order valence-corrected chi connectivity index (χ3v) is 5.92. The highest BCUT2D eigenvalue weighted by Crippen LogP contribution is 2.32. The molecule has 0 spiro atoms. The molecule has 1 saturated carbocycles. The van der Waals surface area contributed by atoms with Gasteiger partial charge in [-0.25, -0.2) is 9.78 Å². The van der Waals surface area contributed by atoms with Crippen LogP contribution in [0.25, 0.3) is 11.3 Å². The van der Waals surface area contributed by atoms with Gasteiger partial charge in [0.25, 0.3) is 5.91 Å². The number of carbonyl (C=O) groups excluding carboxylic acids is 2. The number of ether oxygens (including phenoxy) is 1. The smallest absolute Gasteiger partial charge is 0.408 e. The minimum atomic E-state index is -0.858. The molecule has 2 aromatic rings. The molecule has 8 nitrogen and oxygen atoms in total. The van der Waals surface area contributed by atoms with Crippen molar-refractivity contribution in [3.8, 4) is 11.3 Å². The maximum atomic E-state index is 13.2. The van der Waals surface area contributed by atoms with E-state index in [0.717, 1.165) is 42.5 Å². The molecule has 1 atom stereocenters. The second-order valence-corrected chi connectivity index (χ2v) is 9.93. The van der Waals surface area contributed by atoms with Crippen molar-refractivity contribution < 1.29 is 14.3 Å². The van der Waals surface area contributed by atoms with Crippen LogP contribution in [0, 0.1) is 18.8 Å². The van der Waals surface area contributed by atoms with Gasteiger partial charge in [0.15, 0.2) is 6.10 Å². The van der Waals surface area contributed by atoms with E-state index >= 15 is 0 Å². The summed E-state index contributed by atoms with van der Waals surface area (Å²) in [6.45, 7) is 9.81. The molecular formula is C24H35N5O3. The van der Waals surface area contributed by atoms with Gasteiger partial charge >= 0.3 is 6.09 Å². The van der Waals surface area contributed by atoms with Gasteiger partial charge in [-0.3, -0.25) is 9.48 Å². The van der Waals surface area contributed by atoms with Crippen molar-refractivity contribution in [2.24, 2.45) is 18.9 Å². The number of nitrogens with one attached hydrogen (secondary N) is 2. The van der Waals surface area contributed by atoms with Crippen molar-refractivity contribution in [1.29, 1.82) is 0 Å². The van der Waals surface area contributed by atoms with Crippen molar-refractivity contribution in [2.75, 3.05) is 5.32 Å². The van der Waals surface area contributed by atoms with Gasteiger partial charge in [-0.1, -0.05) is 19.8 Å². The predicted octanol–water partition coefficient (Wildman–Crippen LogP) is 4.45. The van der Waals surface area contributed by atoms with Crippen LogP contribution in [-0.2, 0) is 16.6 Å². The van der Waals surface area contributed by atoms with Crippen LogP contribution in [-0.4, -0.2) is 38.4 Å². The predicted molar refractivity (Wildman–Crippen MR) is 124 cm³/mol. The molecule has 32 heavy (non-hydrogen) atoms. The molecule has 2 heterocycles. The number of carbonyl (C=O) groups is 2. The Balaban J connectivity index is 1.76. The first-order valence-electron chi connectivity index (χ1n) is 11.3. The fraction of sp³-hybridized carbons (Fsp3) is 0.583. The summed E-state index contributed by atoms with van der Waals surface area (Å²) in [6, 6.07) is 3.75. The number of amides is 2. The second-order valence-electron chi connectivity index (χ2n) is 9.93. The van der Waals surface area contributed by atoms with Crippen LogP contribution in [0.4, 0.5) is 10.6 Å². The third-order valence-electron chi connectivity index (χ3n) is 5.92. The van der Waals surface area contributed by atoms with E-state index in [1.165, 1.54) is 0 Å². The number of alkyl carbamates (subject to hydrolysis) is 1. The summed E-state index contributed by atoms with van der Waals surface area (Å²) in [5.74, 6) is 0.718. The van der Waals surface area contributed by atoms with Crippen molar-refractivity contribution in [3.05, 3.63) is 30.1 Å². The van der Waals surface area contributed by atoms with Crippen LogP contribution in [0.15, 0.2) is 24.5 Å². The summed E-state index contributed by atoms with van der Waals surface area (Å²) in [6.07, 6.45) is 5.79. The highest BCUT2D eigenvalue weighted by molar-refractivity contribution is 5.95. The lowest BCUT2D eigenvalue weighted by Crippen LogP contribution is -2.47. The highest BCUT2D eigenvalue weighted by atomic mass is 16.6. The third kappa shape index (κ3) is 6.08. The van der Waals surface area contributed by atoms with Crippen LogP contribution < -0.4 is 10.6 Å². The molecule has 0 saturated heterocycles. The normalized spacial score (nSPS) is 19.8. The van der Waals surface area contributed by atoms with Gasteiger partial charge in [0.1, 0.15) is 5.82 Å². The lowest BCUT2D eigenvalue weighted by molar-refractivity contribution is -0.128. The van der Waals surface area contributed by atoms with E-state index in [1.54, 1.807) is 17.1 Å². The maximum Gasteiger partial charge on any atom is 0.408 e. The Morgan fingerprint density at radius 2 is 1.91 bits per heavy atom. The molecule has 2 N–H and O–H groups in total. The van der Waals surface area contributed by atoms with Gasteiger partial charge in [-0.2, -0.15) is 5.10 Å². The van der Waals surface area contributed by atoms with E-state index in [1.807, 2.05) is 46.9 Å². The topological polar surface area (TPSA) is 98.1 Å². The van der Waals surface area contributed by atoms with Crippen molar-refractivity contribution >= 4 is 17.8 Å². The monoisotopic (exact) mass is 441 g/mol. The average Bonchev–Trinajstić information content (AvgIpc) is 3.11. The van der Waals surface area contributed by atoms with Gasteiger partial charge in [0.2, 0.25) is 0 Å². The van der Waals surface area contributed by atoms with Gasteiger partial charge < -0.3 is 15.4 Å². The van der Waals surface area contributed by atoms with Crippen LogP contribution >= 0.6 is 0 Å². The molecule has 1 unspecified atom stereocenters. The number of hydrogen-bond donors (Lipinski definition) is 2. The second kappa shape index (κ2) is 9.71. The van der Waals surface area contributed by atoms with E-state index in [4.69, 9.17) is 4.74 Å². The Morgan fingerprint density at radius 3 is 2.47 bits per heavy atom. The Morgan fingerprint density at radius 1 is 1.22 bits per heavy atom. The molecule has 1 aliphatic rings. The van der Waals surface area contributed by atoms with E-state index in [-0.39, 0.29) is 11.8 Å². The van der Waals surface area contributed by atoms with Gasteiger partial charge in [0.05, 0.1) is 5.69 Å². The van der Waals surface area contributed by atoms with Gasteiger partial charge in [-0.05, 0) is 64.2 Å². The van der Waals surface area contributed by atoms with Gasteiger partial charge in [0, 0.05) is 36.5 Å². The Bertz CT molecular complexity index is 955. The van der Waals surface area contributed by atoms with Crippen LogP contribution in [0.5, 0.6) is 0 Å². The minimum Gasteiger partial charge on any atom is -0.436 e. The van der Waals surface area contributed by atoms with Crippen LogP contribution in [0.2, 0.25) is 0 Å². The largest absolute Gasteiger partial charge is 0.436 e. The molecule has 0 radical (unpaired) electrons. The number of pyridine rings is 1. The Hall–Kier alpha value is -2.90. The molecule has 0 aromatic carbocycles. The Kier molecular flexibility index (Phi) is 7.21. The van der Waals surface area contributed by atoms with E-state index < -0.39 is 17.7 Å². The molecule has 0 aliphatic heterocycles. The van der Waals surface area contributed by atoms with Crippen molar-refractivity contribution in [3.63, 3.8) is 0 Å². The fourth-order valence-electron chi connectivity index (χ4n) is 4.13. The lowest BCUT2D eigenvalue weighted by Gasteiger charge is -2.32. The zero-order valence-electron chi connectivity index (χ0n) is 19.9. The molecule has 2 amide bonds. The van der Waals surface area contributed by atoms with Gasteiger partial charge in [-0.15, -0.1) is 0 Å². The van der Waals surface area contributed by atoms with Crippen molar-refractivity contribution in [1.82, 2.24) is 20.1 Å². The number of rotatable bonds is 5. The SMILES string of the molecule is Cc1cc(NC(=O)C(OC(=O)NC(C)(C)C)C2CCC(C)CC2)ncc1-c1ccnn1C. The number of aromatic nitrogens is 3. The summed E-state index contributed by atoms with van der Waals surface area (Å²) in [4.78, 5) is 30.1. The summed E-state index contributed by atoms with van der Waals surface area (Å²) in [5, 5.41) is 9.86.